The average molecular weight is 606 g/mol. The lowest BCUT2D eigenvalue weighted by Gasteiger charge is -2.18. The van der Waals surface area contributed by atoms with Crippen LogP contribution in [0.25, 0.3) is 0 Å². The van der Waals surface area contributed by atoms with E-state index >= 15 is 0 Å². The van der Waals surface area contributed by atoms with Crippen LogP contribution in [0.1, 0.15) is 83.7 Å². The van der Waals surface area contributed by atoms with Gasteiger partial charge in [0.05, 0.1) is 25.0 Å². The lowest BCUT2D eigenvalue weighted by atomic mass is 9.88. The molecule has 3 aromatic rings. The maximum atomic E-state index is 13.1. The molecule has 2 aromatic carbocycles. The van der Waals surface area contributed by atoms with E-state index in [2.05, 4.69) is 29.7 Å². The summed E-state index contributed by atoms with van der Waals surface area (Å²) >= 11 is 1.45. The van der Waals surface area contributed by atoms with Crippen LogP contribution in [0.3, 0.4) is 0 Å². The number of carbonyl (C=O) groups is 3. The van der Waals surface area contributed by atoms with Crippen LogP contribution in [0, 0.1) is 5.92 Å². The first-order chi connectivity index (χ1) is 20.8. The van der Waals surface area contributed by atoms with E-state index in [9.17, 15) is 14.4 Å². The Balaban J connectivity index is 1.31. The summed E-state index contributed by atoms with van der Waals surface area (Å²) in [5.41, 5.74) is 5.15. The first kappa shape index (κ1) is 31.7. The van der Waals surface area contributed by atoms with Crippen molar-refractivity contribution in [3.05, 3.63) is 75.7 Å². The molecule has 1 heterocycles. The summed E-state index contributed by atoms with van der Waals surface area (Å²) in [6, 6.07) is 13.9. The first-order valence-corrected chi connectivity index (χ1v) is 15.6. The molecular formula is C33H39N3O6S. The predicted octanol–water partition coefficient (Wildman–Crippen LogP) is 6.40. The van der Waals surface area contributed by atoms with Crippen LogP contribution >= 0.6 is 11.3 Å². The third kappa shape index (κ3) is 8.67. The smallest absolute Gasteiger partial charge is 0.341 e. The van der Waals surface area contributed by atoms with E-state index in [0.717, 1.165) is 53.9 Å². The topological polar surface area (TPSA) is 115 Å². The Morgan fingerprint density at radius 1 is 1.07 bits per heavy atom. The minimum absolute atomic E-state index is 0.264. The summed E-state index contributed by atoms with van der Waals surface area (Å²) in [6.45, 7) is 8.64. The van der Waals surface area contributed by atoms with Crippen LogP contribution in [0.2, 0.25) is 0 Å². The number of nitrogens with zero attached hydrogens (tertiary/aromatic N) is 1. The molecule has 9 nitrogen and oxygen atoms in total. The van der Waals surface area contributed by atoms with Gasteiger partial charge in [-0.1, -0.05) is 20.3 Å². The molecule has 2 amide bonds. The highest BCUT2D eigenvalue weighted by Gasteiger charge is 2.29. The number of nitrogens with one attached hydrogen (secondary N) is 2. The van der Waals surface area contributed by atoms with Gasteiger partial charge in [-0.2, -0.15) is 5.10 Å². The van der Waals surface area contributed by atoms with Crippen molar-refractivity contribution < 1.29 is 28.6 Å². The fraction of sp³-hybridized carbons (Fsp3) is 0.394. The number of ether oxygens (including phenoxy) is 3. The summed E-state index contributed by atoms with van der Waals surface area (Å²) in [6.07, 6.45) is 5.48. The lowest BCUT2D eigenvalue weighted by Crippen LogP contribution is -2.33. The van der Waals surface area contributed by atoms with E-state index in [1.165, 1.54) is 11.3 Å². The van der Waals surface area contributed by atoms with E-state index in [0.29, 0.717) is 34.4 Å². The van der Waals surface area contributed by atoms with Gasteiger partial charge >= 0.3 is 5.97 Å². The highest BCUT2D eigenvalue weighted by Crippen LogP contribution is 2.40. The number of hydrogen-bond donors (Lipinski definition) is 2. The van der Waals surface area contributed by atoms with Gasteiger partial charge in [0, 0.05) is 10.4 Å². The maximum Gasteiger partial charge on any atom is 0.341 e. The first-order valence-electron chi connectivity index (χ1n) is 14.7. The quantitative estimate of drug-likeness (QED) is 0.101. The zero-order valence-corrected chi connectivity index (χ0v) is 25.9. The van der Waals surface area contributed by atoms with E-state index < -0.39 is 18.0 Å². The molecule has 43 heavy (non-hydrogen) atoms. The van der Waals surface area contributed by atoms with Gasteiger partial charge in [0.25, 0.3) is 11.8 Å². The Bertz CT molecular complexity index is 1430. The second kappa shape index (κ2) is 15.3. The van der Waals surface area contributed by atoms with Crippen molar-refractivity contribution in [3.8, 4) is 11.5 Å². The van der Waals surface area contributed by atoms with Crippen molar-refractivity contribution in [2.24, 2.45) is 11.0 Å². The number of esters is 1. The van der Waals surface area contributed by atoms with Gasteiger partial charge in [-0.25, -0.2) is 10.2 Å². The van der Waals surface area contributed by atoms with Gasteiger partial charge in [0.2, 0.25) is 0 Å². The molecule has 0 spiro atoms. The Hall–Kier alpha value is -4.18. The van der Waals surface area contributed by atoms with Crippen molar-refractivity contribution in [2.75, 3.05) is 18.5 Å². The number of unbranched alkanes of at least 4 members (excludes halogenated alkanes) is 1. The van der Waals surface area contributed by atoms with Gasteiger partial charge in [-0.05, 0) is 105 Å². The fourth-order valence-corrected chi connectivity index (χ4v) is 6.02. The van der Waals surface area contributed by atoms with Crippen molar-refractivity contribution >= 4 is 40.3 Å². The molecular weight excluding hydrogens is 566 g/mol. The average Bonchev–Trinajstić information content (AvgIpc) is 3.35. The monoisotopic (exact) mass is 605 g/mol. The predicted molar refractivity (Wildman–Crippen MR) is 169 cm³/mol. The molecule has 0 fully saturated rings. The summed E-state index contributed by atoms with van der Waals surface area (Å²) in [5.74, 6) is 0.581. The van der Waals surface area contributed by atoms with Crippen LogP contribution in [0.4, 0.5) is 5.00 Å². The van der Waals surface area contributed by atoms with Crippen LogP contribution in [-0.4, -0.2) is 43.3 Å². The molecule has 4 rings (SSSR count). The number of amides is 2. The van der Waals surface area contributed by atoms with E-state index in [1.54, 1.807) is 44.3 Å². The number of benzene rings is 2. The summed E-state index contributed by atoms with van der Waals surface area (Å²) < 4.78 is 16.7. The van der Waals surface area contributed by atoms with Crippen molar-refractivity contribution in [1.29, 1.82) is 0 Å². The van der Waals surface area contributed by atoms with E-state index in [4.69, 9.17) is 14.2 Å². The Kier molecular flexibility index (Phi) is 11.3. The molecule has 0 aliphatic heterocycles. The minimum atomic E-state index is -0.821. The molecule has 1 aliphatic carbocycles. The molecule has 0 saturated heterocycles. The van der Waals surface area contributed by atoms with E-state index in [-0.39, 0.29) is 12.5 Å². The molecule has 0 radical (unpaired) electrons. The number of anilines is 1. The molecule has 1 aliphatic rings. The third-order valence-electron chi connectivity index (χ3n) is 7.05. The SMILES string of the molecule is CCCCOc1ccc(/C=N\NC(=O)[C@H](C)Oc2ccc(C(=O)Nc3sc4c(c3C(=O)OCC)CC[C@H](C)C4)cc2)cc1. The van der Waals surface area contributed by atoms with Crippen LogP contribution in [0.15, 0.2) is 53.6 Å². The lowest BCUT2D eigenvalue weighted by molar-refractivity contribution is -0.127. The standard InChI is InChI=1S/C33H39N3O6S/c1-5-7-18-41-25-13-9-23(10-14-25)20-34-36-30(37)22(4)42-26-15-11-24(12-16-26)31(38)35-32-29(33(39)40-6-2)27-17-8-21(3)19-28(27)43-32/h9-16,20-22H,5-8,17-19H2,1-4H3,(H,35,38)(H,36,37)/b34-20-/t21-,22-/m0/s1. The molecule has 2 N–H and O–H groups in total. The van der Waals surface area contributed by atoms with Crippen molar-refractivity contribution in [3.63, 3.8) is 0 Å². The van der Waals surface area contributed by atoms with Crippen molar-refractivity contribution in [2.45, 2.75) is 65.9 Å². The van der Waals surface area contributed by atoms with Gasteiger partial charge in [0.1, 0.15) is 16.5 Å². The highest BCUT2D eigenvalue weighted by atomic mass is 32.1. The normalized spacial score (nSPS) is 14.9. The van der Waals surface area contributed by atoms with E-state index in [1.807, 2.05) is 24.3 Å². The summed E-state index contributed by atoms with van der Waals surface area (Å²) in [5, 5.41) is 7.45. The van der Waals surface area contributed by atoms with Crippen LogP contribution in [0.5, 0.6) is 11.5 Å². The maximum absolute atomic E-state index is 13.1. The zero-order chi connectivity index (χ0) is 30.8. The number of thiophene rings is 1. The second-order valence-corrected chi connectivity index (χ2v) is 11.6. The number of carbonyl (C=O) groups excluding carboxylic acids is 3. The van der Waals surface area contributed by atoms with Gasteiger partial charge in [-0.15, -0.1) is 11.3 Å². The van der Waals surface area contributed by atoms with Crippen molar-refractivity contribution in [1.82, 2.24) is 5.43 Å². The van der Waals surface area contributed by atoms with Crippen LogP contribution in [-0.2, 0) is 22.4 Å². The number of rotatable bonds is 13. The molecule has 0 saturated carbocycles. The summed E-state index contributed by atoms with van der Waals surface area (Å²) in [7, 11) is 0. The number of fused-ring (bicyclic) bond motifs is 1. The second-order valence-electron chi connectivity index (χ2n) is 10.5. The minimum Gasteiger partial charge on any atom is -0.494 e. The molecule has 228 valence electrons. The number of hydrogen-bond acceptors (Lipinski definition) is 8. The molecule has 2 atom stereocenters. The summed E-state index contributed by atoms with van der Waals surface area (Å²) in [4.78, 5) is 39.5. The molecule has 0 unspecified atom stereocenters. The van der Waals surface area contributed by atoms with Gasteiger partial charge in [0.15, 0.2) is 6.10 Å². The third-order valence-corrected chi connectivity index (χ3v) is 8.22. The molecule has 10 heteroatoms. The largest absolute Gasteiger partial charge is 0.494 e. The Morgan fingerprint density at radius 3 is 2.49 bits per heavy atom. The van der Waals surface area contributed by atoms with Gasteiger partial charge < -0.3 is 19.5 Å². The molecule has 1 aromatic heterocycles. The number of hydrazone groups is 1. The Morgan fingerprint density at radius 2 is 1.79 bits per heavy atom. The van der Waals surface area contributed by atoms with Gasteiger partial charge in [-0.3, -0.25) is 9.59 Å². The highest BCUT2D eigenvalue weighted by molar-refractivity contribution is 7.17. The van der Waals surface area contributed by atoms with Crippen LogP contribution < -0.4 is 20.2 Å². The fourth-order valence-electron chi connectivity index (χ4n) is 4.62. The molecule has 0 bridgehead atoms. The zero-order valence-electron chi connectivity index (χ0n) is 25.1. The Labute approximate surface area is 256 Å².